The number of hydrogen-bond donors (Lipinski definition) is 2. The Morgan fingerprint density at radius 3 is 2.45 bits per heavy atom. The zero-order valence-electron chi connectivity index (χ0n) is 16.6. The Kier molecular flexibility index (Phi) is 5.65. The van der Waals surface area contributed by atoms with Crippen molar-refractivity contribution in [2.24, 2.45) is 0 Å². The third kappa shape index (κ3) is 4.25. The van der Waals surface area contributed by atoms with Gasteiger partial charge in [0.2, 0.25) is 0 Å². The lowest BCUT2D eigenvalue weighted by molar-refractivity contribution is 0.0522. The number of nitrogens with one attached hydrogen (secondary N) is 1. The third-order valence-corrected chi connectivity index (χ3v) is 5.21. The normalized spacial score (nSPS) is 11.1. The molecule has 3 aromatic carbocycles. The first kappa shape index (κ1) is 20.9. The SMILES string of the molecule is CCOC(=O)c1[nH]c2cc(-c3cc(F)cc(F)c3)cc(Cc3cccc(Cl)c3)c2c1N. The van der Waals surface area contributed by atoms with Crippen LogP contribution in [0.15, 0.2) is 54.6 Å². The molecule has 31 heavy (non-hydrogen) atoms. The number of carbonyl (C=O) groups excluding carboxylic acids is 1. The predicted octanol–water partition coefficient (Wildman–Crippen LogP) is 6.12. The number of nitrogens with two attached hydrogens (primary N) is 1. The quantitative estimate of drug-likeness (QED) is 0.367. The Bertz CT molecular complexity index is 1280. The fraction of sp³-hybridized carbons (Fsp3) is 0.125. The van der Waals surface area contributed by atoms with Gasteiger partial charge in [-0.2, -0.15) is 0 Å². The number of esters is 1. The average molecular weight is 441 g/mol. The summed E-state index contributed by atoms with van der Waals surface area (Å²) in [6.07, 6.45) is 0.451. The molecule has 4 nitrogen and oxygen atoms in total. The number of H-pyrrole nitrogens is 1. The summed E-state index contributed by atoms with van der Waals surface area (Å²) in [6.45, 7) is 1.91. The Morgan fingerprint density at radius 2 is 1.77 bits per heavy atom. The first-order valence-corrected chi connectivity index (χ1v) is 10.1. The average Bonchev–Trinajstić information content (AvgIpc) is 3.04. The summed E-state index contributed by atoms with van der Waals surface area (Å²) >= 11 is 6.13. The summed E-state index contributed by atoms with van der Waals surface area (Å²) in [6, 6.07) is 14.2. The van der Waals surface area contributed by atoms with Gasteiger partial charge in [0.1, 0.15) is 17.3 Å². The summed E-state index contributed by atoms with van der Waals surface area (Å²) in [4.78, 5) is 15.4. The Hall–Kier alpha value is -3.38. The summed E-state index contributed by atoms with van der Waals surface area (Å²) in [5.74, 6) is -1.92. The van der Waals surface area contributed by atoms with Gasteiger partial charge in [0.05, 0.1) is 12.3 Å². The molecule has 7 heteroatoms. The number of aromatic nitrogens is 1. The molecule has 0 spiro atoms. The lowest BCUT2D eigenvalue weighted by atomic mass is 9.95. The summed E-state index contributed by atoms with van der Waals surface area (Å²) in [7, 11) is 0. The summed E-state index contributed by atoms with van der Waals surface area (Å²) in [5.41, 5.74) is 9.96. The van der Waals surface area contributed by atoms with E-state index in [2.05, 4.69) is 4.98 Å². The summed E-state index contributed by atoms with van der Waals surface area (Å²) in [5, 5.41) is 1.25. The Labute approximate surface area is 182 Å². The second-order valence-electron chi connectivity index (χ2n) is 7.16. The van der Waals surface area contributed by atoms with Crippen molar-refractivity contribution in [3.63, 3.8) is 0 Å². The van der Waals surface area contributed by atoms with Gasteiger partial charge in [0.15, 0.2) is 0 Å². The molecule has 0 unspecified atom stereocenters. The van der Waals surface area contributed by atoms with Crippen molar-refractivity contribution in [3.8, 4) is 11.1 Å². The number of rotatable bonds is 5. The number of halogens is 3. The van der Waals surface area contributed by atoms with E-state index >= 15 is 0 Å². The maximum absolute atomic E-state index is 13.8. The van der Waals surface area contributed by atoms with Crippen molar-refractivity contribution in [2.45, 2.75) is 13.3 Å². The van der Waals surface area contributed by atoms with Crippen LogP contribution < -0.4 is 5.73 Å². The monoisotopic (exact) mass is 440 g/mol. The highest BCUT2D eigenvalue weighted by Crippen LogP contribution is 2.35. The van der Waals surface area contributed by atoms with Crippen molar-refractivity contribution in [2.75, 3.05) is 12.3 Å². The lowest BCUT2D eigenvalue weighted by Crippen LogP contribution is -2.07. The van der Waals surface area contributed by atoms with Crippen molar-refractivity contribution in [1.82, 2.24) is 4.98 Å². The zero-order chi connectivity index (χ0) is 22.1. The molecule has 0 fully saturated rings. The summed E-state index contributed by atoms with van der Waals surface area (Å²) < 4.78 is 32.8. The molecular weight excluding hydrogens is 422 g/mol. The van der Waals surface area contributed by atoms with E-state index in [0.29, 0.717) is 33.5 Å². The minimum Gasteiger partial charge on any atom is -0.461 e. The first-order chi connectivity index (χ1) is 14.9. The molecular formula is C24H19ClF2N2O2. The molecule has 0 saturated heterocycles. The van der Waals surface area contributed by atoms with Crippen molar-refractivity contribution in [1.29, 1.82) is 0 Å². The van der Waals surface area contributed by atoms with Gasteiger partial charge in [-0.1, -0.05) is 23.7 Å². The number of nitrogen functional groups attached to an aromatic ring is 1. The number of aromatic amines is 1. The second-order valence-corrected chi connectivity index (χ2v) is 7.59. The topological polar surface area (TPSA) is 68.1 Å². The number of hydrogen-bond acceptors (Lipinski definition) is 3. The van der Waals surface area contributed by atoms with Gasteiger partial charge in [-0.25, -0.2) is 13.6 Å². The Balaban J connectivity index is 1.93. The predicted molar refractivity (Wildman–Crippen MR) is 118 cm³/mol. The van der Waals surface area contributed by atoms with Gasteiger partial charge in [0.25, 0.3) is 0 Å². The van der Waals surface area contributed by atoms with Gasteiger partial charge in [-0.15, -0.1) is 0 Å². The van der Waals surface area contributed by atoms with E-state index in [4.69, 9.17) is 22.1 Å². The minimum atomic E-state index is -0.676. The van der Waals surface area contributed by atoms with Crippen LogP contribution in [0, 0.1) is 11.6 Å². The maximum Gasteiger partial charge on any atom is 0.356 e. The van der Waals surface area contributed by atoms with E-state index in [1.807, 2.05) is 24.3 Å². The van der Waals surface area contributed by atoms with Crippen LogP contribution in [-0.2, 0) is 11.2 Å². The highest BCUT2D eigenvalue weighted by molar-refractivity contribution is 6.30. The number of anilines is 1. The van der Waals surface area contributed by atoms with Crippen molar-refractivity contribution >= 4 is 34.2 Å². The van der Waals surface area contributed by atoms with Crippen LogP contribution in [0.25, 0.3) is 22.0 Å². The van der Waals surface area contributed by atoms with Gasteiger partial charge >= 0.3 is 5.97 Å². The maximum atomic E-state index is 13.8. The molecule has 0 saturated carbocycles. The van der Waals surface area contributed by atoms with Gasteiger partial charge in [0, 0.05) is 22.0 Å². The molecule has 158 valence electrons. The number of fused-ring (bicyclic) bond motifs is 1. The number of ether oxygens (including phenoxy) is 1. The second kappa shape index (κ2) is 8.40. The molecule has 0 aliphatic carbocycles. The number of benzene rings is 3. The lowest BCUT2D eigenvalue weighted by Gasteiger charge is -2.10. The van der Waals surface area contributed by atoms with Crippen LogP contribution in [0.5, 0.6) is 0 Å². The fourth-order valence-electron chi connectivity index (χ4n) is 3.70. The first-order valence-electron chi connectivity index (χ1n) is 9.67. The molecule has 0 radical (unpaired) electrons. The smallest absolute Gasteiger partial charge is 0.356 e. The van der Waals surface area contributed by atoms with Crippen LogP contribution >= 0.6 is 11.6 Å². The molecule has 0 aliphatic heterocycles. The van der Waals surface area contributed by atoms with Crippen LogP contribution in [-0.4, -0.2) is 17.6 Å². The minimum absolute atomic E-state index is 0.145. The van der Waals surface area contributed by atoms with E-state index in [-0.39, 0.29) is 18.0 Å². The molecule has 0 bridgehead atoms. The highest BCUT2D eigenvalue weighted by Gasteiger charge is 2.20. The molecule has 4 rings (SSSR count). The van der Waals surface area contributed by atoms with Crippen LogP contribution in [0.1, 0.15) is 28.5 Å². The van der Waals surface area contributed by atoms with Crippen molar-refractivity contribution < 1.29 is 18.3 Å². The molecule has 4 aromatic rings. The molecule has 0 amide bonds. The molecule has 1 heterocycles. The largest absolute Gasteiger partial charge is 0.461 e. The molecule has 3 N–H and O–H groups in total. The van der Waals surface area contributed by atoms with E-state index in [9.17, 15) is 13.6 Å². The van der Waals surface area contributed by atoms with E-state index < -0.39 is 17.6 Å². The standard InChI is InChI=1S/C24H19ClF2N2O2/c1-2-31-24(30)23-22(28)21-16(6-13-4-3-5-17(25)7-13)8-14(11-20(21)29-23)15-9-18(26)12-19(27)10-15/h3-5,7-12,29H,2,6,28H2,1H3. The van der Waals surface area contributed by atoms with E-state index in [1.165, 1.54) is 12.1 Å². The van der Waals surface area contributed by atoms with E-state index in [1.54, 1.807) is 19.1 Å². The third-order valence-electron chi connectivity index (χ3n) is 4.98. The van der Waals surface area contributed by atoms with Gasteiger partial charge in [-0.05, 0) is 72.0 Å². The van der Waals surface area contributed by atoms with Crippen molar-refractivity contribution in [3.05, 3.63) is 88.1 Å². The molecule has 0 aliphatic rings. The van der Waals surface area contributed by atoms with Crippen LogP contribution in [0.3, 0.4) is 0 Å². The van der Waals surface area contributed by atoms with E-state index in [0.717, 1.165) is 17.2 Å². The molecule has 0 atom stereocenters. The van der Waals surface area contributed by atoms with Crippen LogP contribution in [0.4, 0.5) is 14.5 Å². The van der Waals surface area contributed by atoms with Gasteiger partial charge < -0.3 is 15.5 Å². The van der Waals surface area contributed by atoms with Crippen LogP contribution in [0.2, 0.25) is 5.02 Å². The fourth-order valence-corrected chi connectivity index (χ4v) is 3.92. The number of carbonyl (C=O) groups is 1. The van der Waals surface area contributed by atoms with Gasteiger partial charge in [-0.3, -0.25) is 0 Å². The highest BCUT2D eigenvalue weighted by atomic mass is 35.5. The molecule has 1 aromatic heterocycles. The zero-order valence-corrected chi connectivity index (χ0v) is 17.4. The Morgan fingerprint density at radius 1 is 1.06 bits per heavy atom.